The Morgan fingerprint density at radius 2 is 2.11 bits per heavy atom. The molecule has 6 nitrogen and oxygen atoms in total. The number of likely N-dealkylation sites (tertiary alicyclic amines) is 1. The van der Waals surface area contributed by atoms with Crippen molar-refractivity contribution in [2.45, 2.75) is 37.8 Å². The van der Waals surface area contributed by atoms with Crippen LogP contribution in [0.4, 0.5) is 5.13 Å². The normalized spacial score (nSPS) is 25.9. The lowest BCUT2D eigenvalue weighted by Gasteiger charge is -2.38. The molecule has 1 aromatic rings. The third-order valence-corrected chi connectivity index (χ3v) is 4.88. The molecule has 19 heavy (non-hydrogen) atoms. The van der Waals surface area contributed by atoms with E-state index in [2.05, 4.69) is 20.0 Å². The highest BCUT2D eigenvalue weighted by Gasteiger charge is 2.36. The highest BCUT2D eigenvalue weighted by atomic mass is 32.1. The van der Waals surface area contributed by atoms with Gasteiger partial charge < -0.3 is 10.0 Å². The number of aromatic nitrogens is 2. The van der Waals surface area contributed by atoms with Gasteiger partial charge in [-0.05, 0) is 32.2 Å². The van der Waals surface area contributed by atoms with Crippen LogP contribution in [-0.4, -0.2) is 57.9 Å². The molecule has 0 saturated carbocycles. The van der Waals surface area contributed by atoms with E-state index in [1.54, 1.807) is 16.8 Å². The van der Waals surface area contributed by atoms with E-state index in [-0.39, 0.29) is 6.04 Å². The fourth-order valence-corrected chi connectivity index (χ4v) is 3.80. The first-order valence-electron chi connectivity index (χ1n) is 6.75. The zero-order valence-corrected chi connectivity index (χ0v) is 11.6. The summed E-state index contributed by atoms with van der Waals surface area (Å²) in [6.07, 6.45) is 3.84. The zero-order chi connectivity index (χ0) is 13.2. The van der Waals surface area contributed by atoms with Crippen LogP contribution < -0.4 is 4.90 Å². The van der Waals surface area contributed by atoms with Crippen LogP contribution in [0.15, 0.2) is 5.51 Å². The van der Waals surface area contributed by atoms with Crippen molar-refractivity contribution in [1.29, 1.82) is 0 Å². The van der Waals surface area contributed by atoms with Crippen LogP contribution in [0.25, 0.3) is 0 Å². The van der Waals surface area contributed by atoms with Gasteiger partial charge in [0.15, 0.2) is 0 Å². The van der Waals surface area contributed by atoms with Crippen molar-refractivity contribution in [1.82, 2.24) is 15.1 Å². The first-order chi connectivity index (χ1) is 9.25. The lowest BCUT2D eigenvalue weighted by Crippen LogP contribution is -2.48. The largest absolute Gasteiger partial charge is 0.480 e. The molecule has 1 aromatic heterocycles. The van der Waals surface area contributed by atoms with Crippen molar-refractivity contribution in [2.24, 2.45) is 0 Å². The molecule has 0 aliphatic carbocycles. The number of rotatable bonds is 3. The SMILES string of the molecule is O=C(O)C1CCCN1C1CCN(c2nncs2)CC1. The summed E-state index contributed by atoms with van der Waals surface area (Å²) in [5.74, 6) is -0.663. The maximum Gasteiger partial charge on any atom is 0.320 e. The molecule has 1 unspecified atom stereocenters. The van der Waals surface area contributed by atoms with Crippen LogP contribution in [0.1, 0.15) is 25.7 Å². The molecular weight excluding hydrogens is 264 g/mol. The maximum atomic E-state index is 11.2. The number of aliphatic carboxylic acids is 1. The maximum absolute atomic E-state index is 11.2. The van der Waals surface area contributed by atoms with Gasteiger partial charge in [-0.15, -0.1) is 10.2 Å². The van der Waals surface area contributed by atoms with Crippen molar-refractivity contribution >= 4 is 22.4 Å². The number of nitrogens with zero attached hydrogens (tertiary/aromatic N) is 4. The summed E-state index contributed by atoms with van der Waals surface area (Å²) < 4.78 is 0. The van der Waals surface area contributed by atoms with Gasteiger partial charge in [-0.1, -0.05) is 11.3 Å². The van der Waals surface area contributed by atoms with Crippen molar-refractivity contribution in [3.63, 3.8) is 0 Å². The molecule has 3 heterocycles. The fourth-order valence-electron chi connectivity index (χ4n) is 3.19. The molecule has 0 radical (unpaired) electrons. The summed E-state index contributed by atoms with van der Waals surface area (Å²) in [4.78, 5) is 15.7. The average Bonchev–Trinajstić information content (AvgIpc) is 3.10. The number of carbonyl (C=O) groups is 1. The molecule has 2 saturated heterocycles. The third kappa shape index (κ3) is 2.57. The summed E-state index contributed by atoms with van der Waals surface area (Å²) in [5.41, 5.74) is 1.75. The van der Waals surface area contributed by atoms with Crippen molar-refractivity contribution in [3.8, 4) is 0 Å². The van der Waals surface area contributed by atoms with Gasteiger partial charge >= 0.3 is 5.97 Å². The molecule has 2 fully saturated rings. The number of carboxylic acid groups (broad SMARTS) is 1. The van der Waals surface area contributed by atoms with Crippen LogP contribution in [0.3, 0.4) is 0 Å². The second-order valence-electron chi connectivity index (χ2n) is 5.17. The smallest absolute Gasteiger partial charge is 0.320 e. The van der Waals surface area contributed by atoms with Gasteiger partial charge in [-0.3, -0.25) is 9.69 Å². The van der Waals surface area contributed by atoms with Crippen LogP contribution in [0.5, 0.6) is 0 Å². The lowest BCUT2D eigenvalue weighted by molar-refractivity contribution is -0.143. The minimum absolute atomic E-state index is 0.266. The Morgan fingerprint density at radius 3 is 2.74 bits per heavy atom. The predicted molar refractivity (Wildman–Crippen MR) is 72.5 cm³/mol. The van der Waals surface area contributed by atoms with E-state index in [1.807, 2.05) is 0 Å². The molecular formula is C12H18N4O2S. The van der Waals surface area contributed by atoms with E-state index >= 15 is 0 Å². The highest BCUT2D eigenvalue weighted by Crippen LogP contribution is 2.28. The van der Waals surface area contributed by atoms with E-state index in [0.29, 0.717) is 6.04 Å². The molecule has 1 atom stereocenters. The van der Waals surface area contributed by atoms with Gasteiger partial charge in [0, 0.05) is 19.1 Å². The summed E-state index contributed by atoms with van der Waals surface area (Å²) in [6, 6.07) is 0.144. The van der Waals surface area contributed by atoms with Crippen molar-refractivity contribution in [2.75, 3.05) is 24.5 Å². The zero-order valence-electron chi connectivity index (χ0n) is 10.7. The topological polar surface area (TPSA) is 69.6 Å². The minimum atomic E-state index is -0.663. The quantitative estimate of drug-likeness (QED) is 0.894. The monoisotopic (exact) mass is 282 g/mol. The third-order valence-electron chi connectivity index (χ3n) is 4.13. The van der Waals surface area contributed by atoms with Crippen LogP contribution >= 0.6 is 11.3 Å². The van der Waals surface area contributed by atoms with Gasteiger partial charge in [0.05, 0.1) is 0 Å². The van der Waals surface area contributed by atoms with Crippen molar-refractivity contribution in [3.05, 3.63) is 5.51 Å². The van der Waals surface area contributed by atoms with Crippen LogP contribution in [0.2, 0.25) is 0 Å². The summed E-state index contributed by atoms with van der Waals surface area (Å²) in [6.45, 7) is 2.83. The second-order valence-corrected chi connectivity index (χ2v) is 5.99. The summed E-state index contributed by atoms with van der Waals surface area (Å²) in [7, 11) is 0. The fraction of sp³-hybridized carbons (Fsp3) is 0.750. The molecule has 3 rings (SSSR count). The Kier molecular flexibility index (Phi) is 3.65. The number of piperidine rings is 1. The van der Waals surface area contributed by atoms with Crippen molar-refractivity contribution < 1.29 is 9.90 Å². The van der Waals surface area contributed by atoms with Gasteiger partial charge in [0.1, 0.15) is 11.6 Å². The molecule has 1 N–H and O–H groups in total. The molecule has 0 amide bonds. The number of anilines is 1. The van der Waals surface area contributed by atoms with Crippen LogP contribution in [-0.2, 0) is 4.79 Å². The van der Waals surface area contributed by atoms with E-state index < -0.39 is 5.97 Å². The Bertz CT molecular complexity index is 431. The van der Waals surface area contributed by atoms with Gasteiger partial charge in [0.2, 0.25) is 5.13 Å². The van der Waals surface area contributed by atoms with Gasteiger partial charge in [-0.2, -0.15) is 0 Å². The minimum Gasteiger partial charge on any atom is -0.480 e. The summed E-state index contributed by atoms with van der Waals surface area (Å²) >= 11 is 1.56. The highest BCUT2D eigenvalue weighted by molar-refractivity contribution is 7.13. The molecule has 2 aliphatic heterocycles. The summed E-state index contributed by atoms with van der Waals surface area (Å²) in [5, 5.41) is 18.2. The number of hydrogen-bond donors (Lipinski definition) is 1. The van der Waals surface area contributed by atoms with E-state index in [9.17, 15) is 9.90 Å². The first kappa shape index (κ1) is 12.8. The molecule has 7 heteroatoms. The molecule has 2 aliphatic rings. The molecule has 104 valence electrons. The lowest BCUT2D eigenvalue weighted by atomic mass is 10.0. The Morgan fingerprint density at radius 1 is 1.32 bits per heavy atom. The molecule has 0 spiro atoms. The predicted octanol–water partition coefficient (Wildman–Crippen LogP) is 1.06. The number of carboxylic acids is 1. The van der Waals surface area contributed by atoms with Gasteiger partial charge in [-0.25, -0.2) is 0 Å². The molecule has 0 aromatic carbocycles. The second kappa shape index (κ2) is 5.42. The first-order valence-corrected chi connectivity index (χ1v) is 7.63. The Balaban J connectivity index is 1.59. The van der Waals surface area contributed by atoms with E-state index in [0.717, 1.165) is 50.4 Å². The van der Waals surface area contributed by atoms with E-state index in [1.165, 1.54) is 0 Å². The van der Waals surface area contributed by atoms with Crippen LogP contribution in [0, 0.1) is 0 Å². The Labute approximate surface area is 116 Å². The average molecular weight is 282 g/mol. The number of hydrogen-bond acceptors (Lipinski definition) is 6. The van der Waals surface area contributed by atoms with E-state index in [4.69, 9.17) is 0 Å². The van der Waals surface area contributed by atoms with Gasteiger partial charge in [0.25, 0.3) is 0 Å². The Hall–Kier alpha value is -1.21. The standard InChI is InChI=1S/C12H18N4O2S/c17-11(18)10-2-1-5-16(10)9-3-6-15(7-4-9)12-14-13-8-19-12/h8-10H,1-7H2,(H,17,18). The molecule has 0 bridgehead atoms.